The summed E-state index contributed by atoms with van der Waals surface area (Å²) in [4.78, 5) is 11.4. The third-order valence-electron chi connectivity index (χ3n) is 2.23. The molecule has 0 fully saturated rings. The van der Waals surface area contributed by atoms with Crippen molar-refractivity contribution >= 4 is 17.7 Å². The van der Waals surface area contributed by atoms with Gasteiger partial charge in [0.05, 0.1) is 0 Å². The Labute approximate surface area is 107 Å². The molecule has 1 aromatic heterocycles. The number of benzene rings is 1. The second kappa shape index (κ2) is 5.52. The Balaban J connectivity index is 2.06. The Kier molecular flexibility index (Phi) is 3.80. The minimum Gasteiger partial charge on any atom is -0.336 e. The van der Waals surface area contributed by atoms with Crippen molar-refractivity contribution in [1.82, 2.24) is 20.3 Å². The first kappa shape index (κ1) is 12.4. The number of amides is 1. The van der Waals surface area contributed by atoms with Crippen LogP contribution >= 0.6 is 11.8 Å². The fourth-order valence-electron chi connectivity index (χ4n) is 1.37. The van der Waals surface area contributed by atoms with Crippen molar-refractivity contribution in [2.45, 2.75) is 10.9 Å². The summed E-state index contributed by atoms with van der Waals surface area (Å²) in [7, 11) is 0. The second-order valence-corrected chi connectivity index (χ2v) is 4.43. The van der Waals surface area contributed by atoms with Crippen LogP contribution in [0.5, 0.6) is 0 Å². The van der Waals surface area contributed by atoms with E-state index in [1.165, 1.54) is 22.8 Å². The molecule has 1 heterocycles. The number of carbonyl (C=O) groups excluding carboxylic acids is 1. The predicted molar refractivity (Wildman–Crippen MR) is 67.8 cm³/mol. The van der Waals surface area contributed by atoms with E-state index in [4.69, 9.17) is 11.7 Å². The summed E-state index contributed by atoms with van der Waals surface area (Å²) in [5, 5.41) is 8.15. The van der Waals surface area contributed by atoms with Crippen LogP contribution in [0.2, 0.25) is 0 Å². The first-order valence-corrected chi connectivity index (χ1v) is 6.07. The molecule has 18 heavy (non-hydrogen) atoms. The topological polar surface area (TPSA) is 112 Å². The standard InChI is InChI=1S/C10H12N6OS/c11-14-9(17)8-3-1-2-7(4-8)5-18-10-15-13-6-16(10)12/h1-4,6H,5,11-12H2,(H,14,17). The summed E-state index contributed by atoms with van der Waals surface area (Å²) in [6.07, 6.45) is 1.43. The van der Waals surface area contributed by atoms with Gasteiger partial charge in [0.15, 0.2) is 0 Å². The molecule has 0 atom stereocenters. The SMILES string of the molecule is NNC(=O)c1cccc(CSc2nncn2N)c1. The number of nitrogens with two attached hydrogens (primary N) is 2. The molecule has 0 radical (unpaired) electrons. The van der Waals surface area contributed by atoms with E-state index in [0.717, 1.165) is 5.56 Å². The molecule has 94 valence electrons. The van der Waals surface area contributed by atoms with E-state index >= 15 is 0 Å². The number of nitrogens with zero attached hydrogens (tertiary/aromatic N) is 3. The third-order valence-corrected chi connectivity index (χ3v) is 3.26. The van der Waals surface area contributed by atoms with Crippen LogP contribution in [-0.4, -0.2) is 20.8 Å². The quantitative estimate of drug-likeness (QED) is 0.307. The Bertz CT molecular complexity index is 555. The molecule has 0 aliphatic rings. The summed E-state index contributed by atoms with van der Waals surface area (Å²) < 4.78 is 1.35. The Morgan fingerprint density at radius 3 is 3.00 bits per heavy atom. The molecule has 0 saturated carbocycles. The maximum absolute atomic E-state index is 11.4. The maximum atomic E-state index is 11.4. The molecule has 0 bridgehead atoms. The van der Waals surface area contributed by atoms with Crippen molar-refractivity contribution in [2.24, 2.45) is 5.84 Å². The second-order valence-electron chi connectivity index (χ2n) is 3.48. The molecular weight excluding hydrogens is 252 g/mol. The number of nitrogen functional groups attached to an aromatic ring is 2. The van der Waals surface area contributed by atoms with E-state index in [-0.39, 0.29) is 5.91 Å². The minimum absolute atomic E-state index is 0.316. The van der Waals surface area contributed by atoms with E-state index in [1.54, 1.807) is 18.2 Å². The lowest BCUT2D eigenvalue weighted by molar-refractivity contribution is 0.0953. The fraction of sp³-hybridized carbons (Fsp3) is 0.100. The van der Waals surface area contributed by atoms with Crippen LogP contribution < -0.4 is 17.1 Å². The van der Waals surface area contributed by atoms with Crippen molar-refractivity contribution in [3.63, 3.8) is 0 Å². The van der Waals surface area contributed by atoms with Crippen LogP contribution in [0, 0.1) is 0 Å². The lowest BCUT2D eigenvalue weighted by atomic mass is 10.1. The monoisotopic (exact) mass is 264 g/mol. The molecule has 0 unspecified atom stereocenters. The smallest absolute Gasteiger partial charge is 0.265 e. The summed E-state index contributed by atoms with van der Waals surface area (Å²) >= 11 is 1.44. The Morgan fingerprint density at radius 2 is 2.33 bits per heavy atom. The molecule has 1 aromatic carbocycles. The van der Waals surface area contributed by atoms with Crippen LogP contribution in [0.4, 0.5) is 0 Å². The average molecular weight is 264 g/mol. The van der Waals surface area contributed by atoms with Gasteiger partial charge in [0.1, 0.15) is 6.33 Å². The van der Waals surface area contributed by atoms with Crippen molar-refractivity contribution < 1.29 is 4.79 Å². The summed E-state index contributed by atoms with van der Waals surface area (Å²) in [6.45, 7) is 0. The molecule has 0 spiro atoms. The molecule has 0 aliphatic heterocycles. The Morgan fingerprint density at radius 1 is 1.50 bits per heavy atom. The zero-order chi connectivity index (χ0) is 13.0. The highest BCUT2D eigenvalue weighted by atomic mass is 32.2. The number of thioether (sulfide) groups is 1. The van der Waals surface area contributed by atoms with Gasteiger partial charge in [-0.2, -0.15) is 0 Å². The average Bonchev–Trinajstić information content (AvgIpc) is 2.81. The molecule has 5 N–H and O–H groups in total. The van der Waals surface area contributed by atoms with Gasteiger partial charge >= 0.3 is 0 Å². The van der Waals surface area contributed by atoms with E-state index in [9.17, 15) is 4.79 Å². The molecule has 2 rings (SSSR count). The lowest BCUT2D eigenvalue weighted by Gasteiger charge is -2.04. The number of hydrogen-bond acceptors (Lipinski definition) is 6. The number of rotatable bonds is 4. The Hall–Kier alpha value is -2.06. The van der Waals surface area contributed by atoms with E-state index in [0.29, 0.717) is 16.5 Å². The van der Waals surface area contributed by atoms with Crippen LogP contribution in [0.1, 0.15) is 15.9 Å². The molecule has 2 aromatic rings. The normalized spacial score (nSPS) is 10.3. The fourth-order valence-corrected chi connectivity index (χ4v) is 2.15. The highest BCUT2D eigenvalue weighted by molar-refractivity contribution is 7.98. The van der Waals surface area contributed by atoms with Gasteiger partial charge in [-0.1, -0.05) is 23.9 Å². The minimum atomic E-state index is -0.316. The van der Waals surface area contributed by atoms with Crippen molar-refractivity contribution in [3.05, 3.63) is 41.7 Å². The first-order valence-electron chi connectivity index (χ1n) is 5.08. The molecule has 0 saturated heterocycles. The van der Waals surface area contributed by atoms with E-state index in [2.05, 4.69) is 15.6 Å². The predicted octanol–water partition coefficient (Wildman–Crippen LogP) is -0.112. The van der Waals surface area contributed by atoms with Crippen LogP contribution in [0.3, 0.4) is 0 Å². The summed E-state index contributed by atoms with van der Waals surface area (Å²) in [6, 6.07) is 7.18. The zero-order valence-corrected chi connectivity index (χ0v) is 10.2. The highest BCUT2D eigenvalue weighted by Gasteiger charge is 2.06. The van der Waals surface area contributed by atoms with Gasteiger partial charge in [-0.3, -0.25) is 10.2 Å². The van der Waals surface area contributed by atoms with Gasteiger partial charge in [-0.15, -0.1) is 10.2 Å². The van der Waals surface area contributed by atoms with Gasteiger partial charge in [0, 0.05) is 11.3 Å². The van der Waals surface area contributed by atoms with Crippen LogP contribution in [-0.2, 0) is 5.75 Å². The number of hydrogen-bond donors (Lipinski definition) is 3. The number of aromatic nitrogens is 3. The van der Waals surface area contributed by atoms with Gasteiger partial charge in [0.2, 0.25) is 5.16 Å². The van der Waals surface area contributed by atoms with E-state index < -0.39 is 0 Å². The zero-order valence-electron chi connectivity index (χ0n) is 9.41. The van der Waals surface area contributed by atoms with Crippen molar-refractivity contribution in [3.8, 4) is 0 Å². The van der Waals surface area contributed by atoms with Crippen molar-refractivity contribution in [1.29, 1.82) is 0 Å². The first-order chi connectivity index (χ1) is 8.70. The van der Waals surface area contributed by atoms with Gasteiger partial charge < -0.3 is 5.84 Å². The maximum Gasteiger partial charge on any atom is 0.265 e. The summed E-state index contributed by atoms with van der Waals surface area (Å²) in [5.74, 6) is 11.0. The number of hydrazine groups is 1. The summed E-state index contributed by atoms with van der Waals surface area (Å²) in [5.41, 5.74) is 3.59. The van der Waals surface area contributed by atoms with Crippen LogP contribution in [0.25, 0.3) is 0 Å². The number of nitrogens with one attached hydrogen (secondary N) is 1. The highest BCUT2D eigenvalue weighted by Crippen LogP contribution is 2.19. The molecule has 7 nitrogen and oxygen atoms in total. The molecule has 1 amide bonds. The number of carbonyl (C=O) groups is 1. The van der Waals surface area contributed by atoms with E-state index in [1.807, 2.05) is 6.07 Å². The van der Waals surface area contributed by atoms with Gasteiger partial charge in [0.25, 0.3) is 5.91 Å². The van der Waals surface area contributed by atoms with Crippen LogP contribution in [0.15, 0.2) is 35.7 Å². The van der Waals surface area contributed by atoms with Crippen molar-refractivity contribution in [2.75, 3.05) is 5.84 Å². The molecule has 0 aliphatic carbocycles. The largest absolute Gasteiger partial charge is 0.336 e. The van der Waals surface area contributed by atoms with Gasteiger partial charge in [-0.25, -0.2) is 10.5 Å². The molecule has 8 heteroatoms. The van der Waals surface area contributed by atoms with Gasteiger partial charge in [-0.05, 0) is 17.7 Å². The molecular formula is C10H12N6OS. The third kappa shape index (κ3) is 2.79. The lowest BCUT2D eigenvalue weighted by Crippen LogP contribution is -2.29.